The van der Waals surface area contributed by atoms with Gasteiger partial charge in [0.15, 0.2) is 0 Å². The lowest BCUT2D eigenvalue weighted by molar-refractivity contribution is 0.888. The highest BCUT2D eigenvalue weighted by Crippen LogP contribution is 2.34. The Bertz CT molecular complexity index is 2320. The minimum Gasteiger partial charge on any atom is -0.313 e. The van der Waals surface area contributed by atoms with Crippen LogP contribution >= 0.6 is 0 Å². The third-order valence-electron chi connectivity index (χ3n) is 9.23. The molecule has 0 aliphatic heterocycles. The van der Waals surface area contributed by atoms with E-state index < -0.39 is 0 Å². The summed E-state index contributed by atoms with van der Waals surface area (Å²) < 4.78 is 4.74. The van der Waals surface area contributed by atoms with Gasteiger partial charge in [0, 0.05) is 63.6 Å². The summed E-state index contributed by atoms with van der Waals surface area (Å²) in [6.07, 6.45) is 15.2. The van der Waals surface area contributed by atoms with Gasteiger partial charge in [-0.3, -0.25) is 9.97 Å². The molecule has 0 saturated heterocycles. The predicted molar refractivity (Wildman–Crippen MR) is 185 cm³/mol. The highest BCUT2D eigenvalue weighted by molar-refractivity contribution is 6.08. The Balaban J connectivity index is 0.959. The summed E-state index contributed by atoms with van der Waals surface area (Å²) in [5.41, 5.74) is 13.8. The number of benzene rings is 4. The largest absolute Gasteiger partial charge is 0.313 e. The molecule has 4 nitrogen and oxygen atoms in total. The van der Waals surface area contributed by atoms with Crippen molar-refractivity contribution in [1.29, 1.82) is 0 Å². The first kappa shape index (κ1) is 25.7. The zero-order chi connectivity index (χ0) is 29.7. The van der Waals surface area contributed by atoms with Crippen LogP contribution in [-0.2, 0) is 12.8 Å². The summed E-state index contributed by atoms with van der Waals surface area (Å²) in [6, 6.07) is 39.8. The van der Waals surface area contributed by atoms with Gasteiger partial charge in [-0.25, -0.2) is 0 Å². The number of allylic oxidation sites excluding steroid dienone is 1. The molecule has 4 aromatic heterocycles. The van der Waals surface area contributed by atoms with Crippen LogP contribution in [-0.4, -0.2) is 19.1 Å². The zero-order valence-corrected chi connectivity index (χ0v) is 24.8. The molecule has 0 fully saturated rings. The maximum Gasteiger partial charge on any atom is 0.0572 e. The SMILES string of the molecule is C1=Cc2c(n(-c3ccc(Cc4ccc(-c5ccc(-n6c7ccncc7c7cnccc76)cc5)cc4)cc3)c3ccccc23)CC1. The normalized spacial score (nSPS) is 12.7. The molecule has 9 rings (SSSR count). The predicted octanol–water partition coefficient (Wildman–Crippen LogP) is 9.73. The van der Waals surface area contributed by atoms with Crippen LogP contribution in [0.25, 0.3) is 61.3 Å². The van der Waals surface area contributed by atoms with Gasteiger partial charge in [0.05, 0.1) is 16.6 Å². The number of pyridine rings is 2. The summed E-state index contributed by atoms with van der Waals surface area (Å²) in [6.45, 7) is 0. The lowest BCUT2D eigenvalue weighted by Gasteiger charge is -2.14. The van der Waals surface area contributed by atoms with Gasteiger partial charge >= 0.3 is 0 Å². The molecule has 0 saturated carbocycles. The molecule has 0 spiro atoms. The van der Waals surface area contributed by atoms with Crippen molar-refractivity contribution in [1.82, 2.24) is 19.1 Å². The molecule has 214 valence electrons. The van der Waals surface area contributed by atoms with Crippen LogP contribution in [0.3, 0.4) is 0 Å². The van der Waals surface area contributed by atoms with Gasteiger partial charge in [-0.2, -0.15) is 0 Å². The van der Waals surface area contributed by atoms with Gasteiger partial charge in [0.1, 0.15) is 0 Å². The topological polar surface area (TPSA) is 35.6 Å². The number of nitrogens with zero attached hydrogens (tertiary/aromatic N) is 4. The Labute approximate surface area is 261 Å². The number of hydrogen-bond acceptors (Lipinski definition) is 2. The molecule has 4 heterocycles. The molecule has 1 aliphatic carbocycles. The minimum atomic E-state index is 0.907. The Hall–Kier alpha value is -5.74. The fourth-order valence-corrected chi connectivity index (χ4v) is 7.07. The van der Waals surface area contributed by atoms with Gasteiger partial charge in [-0.1, -0.05) is 78.9 Å². The van der Waals surface area contributed by atoms with Crippen LogP contribution in [0.1, 0.15) is 28.8 Å². The molecule has 0 amide bonds. The van der Waals surface area contributed by atoms with Crippen molar-refractivity contribution in [2.24, 2.45) is 0 Å². The first-order chi connectivity index (χ1) is 22.3. The first-order valence-electron chi connectivity index (χ1n) is 15.6. The third-order valence-corrected chi connectivity index (χ3v) is 9.23. The van der Waals surface area contributed by atoms with Gasteiger partial charge in [0.25, 0.3) is 0 Å². The Morgan fingerprint density at radius 3 is 1.78 bits per heavy atom. The second kappa shape index (κ2) is 10.5. The van der Waals surface area contributed by atoms with Gasteiger partial charge < -0.3 is 9.13 Å². The lowest BCUT2D eigenvalue weighted by Crippen LogP contribution is -2.03. The number of rotatable bonds is 5. The second-order valence-corrected chi connectivity index (χ2v) is 11.9. The van der Waals surface area contributed by atoms with Crippen LogP contribution in [0.15, 0.2) is 140 Å². The smallest absolute Gasteiger partial charge is 0.0572 e. The Morgan fingerprint density at radius 2 is 1.09 bits per heavy atom. The van der Waals surface area contributed by atoms with E-state index in [9.17, 15) is 0 Å². The number of aromatic nitrogens is 4. The fraction of sp³-hybridized carbons (Fsp3) is 0.0732. The monoisotopic (exact) mass is 578 g/mol. The second-order valence-electron chi connectivity index (χ2n) is 11.9. The lowest BCUT2D eigenvalue weighted by atomic mass is 10.00. The number of hydrogen-bond donors (Lipinski definition) is 0. The zero-order valence-electron chi connectivity index (χ0n) is 24.8. The van der Waals surface area contributed by atoms with Crippen LogP contribution in [0.4, 0.5) is 0 Å². The van der Waals surface area contributed by atoms with Crippen molar-refractivity contribution < 1.29 is 0 Å². The van der Waals surface area contributed by atoms with Gasteiger partial charge in [-0.15, -0.1) is 0 Å². The van der Waals surface area contributed by atoms with Gasteiger partial charge in [0.2, 0.25) is 0 Å². The fourth-order valence-electron chi connectivity index (χ4n) is 7.07. The van der Waals surface area contributed by atoms with E-state index >= 15 is 0 Å². The molecule has 4 aromatic carbocycles. The Kier molecular flexibility index (Phi) is 5.98. The number of para-hydroxylation sites is 1. The van der Waals surface area contributed by atoms with E-state index in [1.54, 1.807) is 0 Å². The summed E-state index contributed by atoms with van der Waals surface area (Å²) in [4.78, 5) is 8.70. The quantitative estimate of drug-likeness (QED) is 0.204. The van der Waals surface area contributed by atoms with E-state index in [2.05, 4.69) is 140 Å². The Morgan fingerprint density at radius 1 is 0.533 bits per heavy atom. The van der Waals surface area contributed by atoms with Crippen molar-refractivity contribution in [3.63, 3.8) is 0 Å². The molecule has 8 aromatic rings. The van der Waals surface area contributed by atoms with Gasteiger partial charge in [-0.05, 0) is 84.0 Å². The minimum absolute atomic E-state index is 0.907. The van der Waals surface area contributed by atoms with Crippen molar-refractivity contribution in [2.45, 2.75) is 19.3 Å². The van der Waals surface area contributed by atoms with E-state index in [0.29, 0.717) is 0 Å². The summed E-state index contributed by atoms with van der Waals surface area (Å²) >= 11 is 0. The van der Waals surface area contributed by atoms with Crippen molar-refractivity contribution in [2.75, 3.05) is 0 Å². The maximum absolute atomic E-state index is 4.35. The first-order valence-corrected chi connectivity index (χ1v) is 15.6. The molecule has 0 radical (unpaired) electrons. The van der Waals surface area contributed by atoms with Crippen LogP contribution in [0, 0.1) is 0 Å². The van der Waals surface area contributed by atoms with E-state index in [0.717, 1.165) is 46.8 Å². The summed E-state index contributed by atoms with van der Waals surface area (Å²) in [7, 11) is 0. The summed E-state index contributed by atoms with van der Waals surface area (Å²) in [5, 5.41) is 3.57. The van der Waals surface area contributed by atoms with E-state index in [1.165, 1.54) is 50.1 Å². The van der Waals surface area contributed by atoms with Crippen LogP contribution in [0.2, 0.25) is 0 Å². The molecular weight excluding hydrogens is 548 g/mol. The molecule has 4 heteroatoms. The molecule has 45 heavy (non-hydrogen) atoms. The maximum atomic E-state index is 4.35. The van der Waals surface area contributed by atoms with Crippen molar-refractivity contribution in [3.8, 4) is 22.5 Å². The standard InChI is InChI=1S/C41H30N4/c1-3-7-38-34(5-1)35-6-2-4-8-39(35)44(38)32-17-11-29(12-18-32)25-28-9-13-30(14-10-28)31-15-19-33(20-16-31)45-40-21-23-42-26-36(40)37-27-43-24-22-41(37)45/h1-3,5-7,9-24,26-27H,4,8,25H2. The van der Waals surface area contributed by atoms with Crippen molar-refractivity contribution in [3.05, 3.63) is 162 Å². The van der Waals surface area contributed by atoms with Crippen molar-refractivity contribution >= 4 is 38.8 Å². The molecule has 0 bridgehead atoms. The number of fused-ring (bicyclic) bond motifs is 6. The average molecular weight is 579 g/mol. The van der Waals surface area contributed by atoms with Crippen LogP contribution in [0.5, 0.6) is 0 Å². The third kappa shape index (κ3) is 4.29. The molecule has 0 atom stereocenters. The highest BCUT2D eigenvalue weighted by atomic mass is 15.0. The van der Waals surface area contributed by atoms with E-state index in [1.807, 2.05) is 24.8 Å². The van der Waals surface area contributed by atoms with Crippen LogP contribution < -0.4 is 0 Å². The molecule has 1 aliphatic rings. The van der Waals surface area contributed by atoms with E-state index in [-0.39, 0.29) is 0 Å². The molecule has 0 N–H and O–H groups in total. The molecule has 0 unspecified atom stereocenters. The summed E-state index contributed by atoms with van der Waals surface area (Å²) in [5.74, 6) is 0. The highest BCUT2D eigenvalue weighted by Gasteiger charge is 2.18. The van der Waals surface area contributed by atoms with E-state index in [4.69, 9.17) is 0 Å². The average Bonchev–Trinajstić information content (AvgIpc) is 3.62. The molecular formula is C41H30N4.